The van der Waals surface area contributed by atoms with Crippen molar-refractivity contribution < 1.29 is 14.3 Å². The van der Waals surface area contributed by atoms with Crippen LogP contribution in [0.5, 0.6) is 5.88 Å². The highest BCUT2D eigenvalue weighted by atomic mass is 16.5. The second-order valence-corrected chi connectivity index (χ2v) is 10.8. The Morgan fingerprint density at radius 3 is 2.20 bits per heavy atom. The predicted molar refractivity (Wildman–Crippen MR) is 176 cm³/mol. The van der Waals surface area contributed by atoms with Gasteiger partial charge in [0.1, 0.15) is 6.61 Å². The first kappa shape index (κ1) is 31.6. The number of aromatic nitrogens is 4. The second-order valence-electron chi connectivity index (χ2n) is 10.8. The molecule has 2 heterocycles. The SMILES string of the molecule is CC(=O)NCc1ccc(COc2nc(N)nc3c2ncn3CCCNC(=O)c2ccc(N=Nc3ccc(N(C)C)cc3)cc2)cc1. The van der Waals surface area contributed by atoms with Crippen LogP contribution in [0.2, 0.25) is 0 Å². The van der Waals surface area contributed by atoms with Crippen LogP contribution in [0.4, 0.5) is 23.0 Å². The number of benzene rings is 3. The summed E-state index contributed by atoms with van der Waals surface area (Å²) in [4.78, 5) is 38.9. The highest BCUT2D eigenvalue weighted by molar-refractivity contribution is 5.94. The zero-order chi connectivity index (χ0) is 32.5. The van der Waals surface area contributed by atoms with E-state index in [0.717, 1.165) is 22.5 Å². The van der Waals surface area contributed by atoms with Crippen molar-refractivity contribution in [2.24, 2.45) is 10.2 Å². The monoisotopic (exact) mass is 620 g/mol. The van der Waals surface area contributed by atoms with Gasteiger partial charge in [0, 0.05) is 51.9 Å². The van der Waals surface area contributed by atoms with E-state index in [-0.39, 0.29) is 24.4 Å². The molecule has 0 aliphatic rings. The summed E-state index contributed by atoms with van der Waals surface area (Å²) in [6.07, 6.45) is 2.30. The lowest BCUT2D eigenvalue weighted by molar-refractivity contribution is -0.119. The molecule has 5 aromatic rings. The number of hydrogen-bond acceptors (Lipinski definition) is 10. The molecule has 3 aromatic carbocycles. The lowest BCUT2D eigenvalue weighted by Crippen LogP contribution is -2.25. The number of amides is 2. The lowest BCUT2D eigenvalue weighted by atomic mass is 10.1. The summed E-state index contributed by atoms with van der Waals surface area (Å²) >= 11 is 0. The minimum atomic E-state index is -0.177. The molecule has 0 fully saturated rings. The Bertz CT molecular complexity index is 1820. The van der Waals surface area contributed by atoms with Crippen LogP contribution in [0.1, 0.15) is 34.8 Å². The molecule has 46 heavy (non-hydrogen) atoms. The van der Waals surface area contributed by atoms with Crippen molar-refractivity contribution in [3.05, 3.63) is 95.8 Å². The average molecular weight is 621 g/mol. The highest BCUT2D eigenvalue weighted by Gasteiger charge is 2.14. The van der Waals surface area contributed by atoms with Gasteiger partial charge in [-0.3, -0.25) is 9.59 Å². The minimum Gasteiger partial charge on any atom is -0.471 e. The number of nitrogens with zero attached hydrogens (tertiary/aromatic N) is 7. The molecule has 0 saturated carbocycles. The predicted octanol–water partition coefficient (Wildman–Crippen LogP) is 4.93. The van der Waals surface area contributed by atoms with Crippen LogP contribution in [-0.2, 0) is 24.5 Å². The summed E-state index contributed by atoms with van der Waals surface area (Å²) in [6.45, 7) is 3.22. The molecule has 13 heteroatoms. The second kappa shape index (κ2) is 14.8. The maximum Gasteiger partial charge on any atom is 0.251 e. The summed E-state index contributed by atoms with van der Waals surface area (Å²) in [5, 5.41) is 14.3. The van der Waals surface area contributed by atoms with E-state index in [0.29, 0.717) is 54.3 Å². The Labute approximate surface area is 266 Å². The maximum atomic E-state index is 12.7. The van der Waals surface area contributed by atoms with E-state index in [1.807, 2.05) is 72.1 Å². The number of fused-ring (bicyclic) bond motifs is 1. The first-order valence-electron chi connectivity index (χ1n) is 14.8. The Morgan fingerprint density at radius 1 is 0.891 bits per heavy atom. The van der Waals surface area contributed by atoms with Crippen molar-refractivity contribution in [3.8, 4) is 5.88 Å². The number of carbonyl (C=O) groups excluding carboxylic acids is 2. The lowest BCUT2D eigenvalue weighted by Gasteiger charge is -2.11. The van der Waals surface area contributed by atoms with Gasteiger partial charge >= 0.3 is 0 Å². The first-order chi connectivity index (χ1) is 22.2. The molecule has 2 amide bonds. The number of nitrogens with one attached hydrogen (secondary N) is 2. The molecule has 236 valence electrons. The Balaban J connectivity index is 1.11. The zero-order valence-electron chi connectivity index (χ0n) is 26.0. The Morgan fingerprint density at radius 2 is 1.54 bits per heavy atom. The number of azo groups is 1. The van der Waals surface area contributed by atoms with Crippen LogP contribution in [-0.4, -0.2) is 52.0 Å². The molecule has 0 radical (unpaired) electrons. The third kappa shape index (κ3) is 8.40. The molecule has 0 atom stereocenters. The topological polar surface area (TPSA) is 165 Å². The van der Waals surface area contributed by atoms with E-state index in [4.69, 9.17) is 10.5 Å². The summed E-state index contributed by atoms with van der Waals surface area (Å²) in [7, 11) is 3.97. The van der Waals surface area contributed by atoms with Gasteiger partial charge in [-0.2, -0.15) is 20.2 Å². The zero-order valence-corrected chi connectivity index (χ0v) is 26.0. The van der Waals surface area contributed by atoms with Gasteiger partial charge in [0.05, 0.1) is 17.7 Å². The fourth-order valence-electron chi connectivity index (χ4n) is 4.50. The quantitative estimate of drug-likeness (QED) is 0.123. The molecule has 0 unspecified atom stereocenters. The highest BCUT2D eigenvalue weighted by Crippen LogP contribution is 2.24. The maximum absolute atomic E-state index is 12.7. The van der Waals surface area contributed by atoms with Gasteiger partial charge in [-0.05, 0) is 66.1 Å². The van der Waals surface area contributed by atoms with Gasteiger partial charge in [0.2, 0.25) is 17.7 Å². The van der Waals surface area contributed by atoms with Gasteiger partial charge in [0.15, 0.2) is 11.2 Å². The number of ether oxygens (including phenoxy) is 1. The molecule has 0 aliphatic heterocycles. The number of rotatable bonds is 13. The summed E-state index contributed by atoms with van der Waals surface area (Å²) in [5.74, 6) is 0.116. The van der Waals surface area contributed by atoms with E-state index in [1.54, 1.807) is 30.6 Å². The van der Waals surface area contributed by atoms with Crippen LogP contribution < -0.4 is 26.0 Å². The smallest absolute Gasteiger partial charge is 0.251 e. The molecule has 2 aromatic heterocycles. The Hall–Kier alpha value is -5.85. The van der Waals surface area contributed by atoms with E-state index in [1.165, 1.54) is 6.92 Å². The molecular formula is C33H36N10O3. The fraction of sp³-hybridized carbons (Fsp3) is 0.242. The van der Waals surface area contributed by atoms with Crippen LogP contribution >= 0.6 is 0 Å². The van der Waals surface area contributed by atoms with Crippen molar-refractivity contribution in [3.63, 3.8) is 0 Å². The van der Waals surface area contributed by atoms with E-state index in [9.17, 15) is 9.59 Å². The molecular weight excluding hydrogens is 584 g/mol. The molecule has 0 saturated heterocycles. The van der Waals surface area contributed by atoms with Crippen molar-refractivity contribution in [2.75, 3.05) is 31.3 Å². The molecule has 0 spiro atoms. The van der Waals surface area contributed by atoms with Gasteiger partial charge in [-0.25, -0.2) is 4.98 Å². The molecule has 4 N–H and O–H groups in total. The largest absolute Gasteiger partial charge is 0.471 e. The van der Waals surface area contributed by atoms with Crippen LogP contribution in [0.3, 0.4) is 0 Å². The average Bonchev–Trinajstić information content (AvgIpc) is 3.47. The van der Waals surface area contributed by atoms with Gasteiger partial charge in [0.25, 0.3) is 5.91 Å². The fourth-order valence-corrected chi connectivity index (χ4v) is 4.50. The van der Waals surface area contributed by atoms with Crippen molar-refractivity contribution >= 4 is 46.0 Å². The number of anilines is 2. The van der Waals surface area contributed by atoms with Gasteiger partial charge in [-0.1, -0.05) is 24.3 Å². The van der Waals surface area contributed by atoms with Crippen molar-refractivity contribution in [2.45, 2.75) is 33.0 Å². The summed E-state index contributed by atoms with van der Waals surface area (Å²) in [5.41, 5.74) is 12.0. The number of aryl methyl sites for hydroxylation is 1. The van der Waals surface area contributed by atoms with Gasteiger partial charge < -0.3 is 30.6 Å². The van der Waals surface area contributed by atoms with E-state index < -0.39 is 0 Å². The molecule has 5 rings (SSSR count). The molecule has 0 aliphatic carbocycles. The molecule has 0 bridgehead atoms. The van der Waals surface area contributed by atoms with E-state index in [2.05, 4.69) is 35.8 Å². The number of nitrogens with two attached hydrogens (primary N) is 1. The van der Waals surface area contributed by atoms with Crippen LogP contribution in [0.15, 0.2) is 89.4 Å². The van der Waals surface area contributed by atoms with Crippen molar-refractivity contribution in [1.29, 1.82) is 0 Å². The summed E-state index contributed by atoms with van der Waals surface area (Å²) in [6, 6.07) is 22.5. The van der Waals surface area contributed by atoms with Crippen LogP contribution in [0, 0.1) is 0 Å². The standard InChI is InChI=1S/C33H36N10O3/c1-22(44)36-19-23-5-7-24(8-6-23)20-46-32-29-30(38-33(34)39-32)43(21-37-29)18-4-17-35-31(45)25-9-11-26(12-10-25)40-41-27-13-15-28(16-14-27)42(2)3/h5-16,21H,4,17-20H2,1-3H3,(H,35,45)(H,36,44)(H2,34,38,39). The third-order valence-corrected chi connectivity index (χ3v) is 7.03. The van der Waals surface area contributed by atoms with E-state index >= 15 is 0 Å². The van der Waals surface area contributed by atoms with Crippen LogP contribution in [0.25, 0.3) is 11.2 Å². The number of hydrogen-bond donors (Lipinski definition) is 3. The number of imidazole rings is 1. The summed E-state index contributed by atoms with van der Waals surface area (Å²) < 4.78 is 7.81. The molecule has 13 nitrogen and oxygen atoms in total. The third-order valence-electron chi connectivity index (χ3n) is 7.03. The first-order valence-corrected chi connectivity index (χ1v) is 14.8. The minimum absolute atomic E-state index is 0.0772. The normalized spacial score (nSPS) is 11.1. The van der Waals surface area contributed by atoms with Crippen molar-refractivity contribution in [1.82, 2.24) is 30.2 Å². The Kier molecular flexibility index (Phi) is 10.1. The number of nitrogen functional groups attached to an aromatic ring is 1. The van der Waals surface area contributed by atoms with Gasteiger partial charge in [-0.15, -0.1) is 0 Å². The number of carbonyl (C=O) groups is 2.